The van der Waals surface area contributed by atoms with Crippen molar-refractivity contribution in [3.05, 3.63) is 35.4 Å². The maximum Gasteiger partial charge on any atom is 0.336 e. The van der Waals surface area contributed by atoms with E-state index in [-0.39, 0.29) is 16.9 Å². The van der Waals surface area contributed by atoms with Gasteiger partial charge in [-0.15, -0.1) is 0 Å². The number of benzene rings is 1. The number of hydrogen-bond acceptors (Lipinski definition) is 4. The van der Waals surface area contributed by atoms with Crippen LogP contribution in [0.15, 0.2) is 24.3 Å². The van der Waals surface area contributed by atoms with Crippen LogP contribution in [-0.4, -0.2) is 39.9 Å². The Hall–Kier alpha value is -2.02. The molecule has 6 nitrogen and oxygen atoms in total. The van der Waals surface area contributed by atoms with Crippen molar-refractivity contribution in [2.75, 3.05) is 5.75 Å². The van der Waals surface area contributed by atoms with Crippen molar-refractivity contribution in [2.24, 2.45) is 0 Å². The second-order valence-electron chi connectivity index (χ2n) is 3.40. The first-order valence-electron chi connectivity index (χ1n) is 4.94. The van der Waals surface area contributed by atoms with Crippen LogP contribution in [0.25, 0.3) is 0 Å². The lowest BCUT2D eigenvalue weighted by Crippen LogP contribution is -2.42. The number of aromatic carboxylic acids is 1. The molecule has 0 aromatic heterocycles. The number of carboxylic acids is 2. The van der Waals surface area contributed by atoms with Gasteiger partial charge in [0.1, 0.15) is 6.04 Å². The first-order valence-corrected chi connectivity index (χ1v) is 5.57. The minimum atomic E-state index is -1.25. The summed E-state index contributed by atoms with van der Waals surface area (Å²) in [7, 11) is 0. The van der Waals surface area contributed by atoms with Gasteiger partial charge in [-0.3, -0.25) is 4.79 Å². The van der Waals surface area contributed by atoms with Gasteiger partial charge < -0.3 is 15.5 Å². The second-order valence-corrected chi connectivity index (χ2v) is 3.76. The number of aliphatic carboxylic acids is 1. The smallest absolute Gasteiger partial charge is 0.336 e. The largest absolute Gasteiger partial charge is 0.480 e. The minimum absolute atomic E-state index is 0.0852. The van der Waals surface area contributed by atoms with Crippen LogP contribution in [0.3, 0.4) is 0 Å². The van der Waals surface area contributed by atoms with Crippen LogP contribution in [0, 0.1) is 0 Å². The Labute approximate surface area is 108 Å². The van der Waals surface area contributed by atoms with Crippen molar-refractivity contribution in [3.8, 4) is 0 Å². The molecule has 3 N–H and O–H groups in total. The van der Waals surface area contributed by atoms with Crippen molar-refractivity contribution >= 4 is 30.5 Å². The summed E-state index contributed by atoms with van der Waals surface area (Å²) in [6.07, 6.45) is 0. The third kappa shape index (κ3) is 3.24. The third-order valence-corrected chi connectivity index (χ3v) is 2.55. The lowest BCUT2D eigenvalue weighted by molar-refractivity contribution is -0.138. The van der Waals surface area contributed by atoms with Crippen molar-refractivity contribution < 1.29 is 24.6 Å². The quantitative estimate of drug-likeness (QED) is 0.583. The third-order valence-electron chi connectivity index (χ3n) is 2.19. The second kappa shape index (κ2) is 6.06. The molecule has 0 aliphatic heterocycles. The molecular formula is C11H11NO5S. The summed E-state index contributed by atoms with van der Waals surface area (Å²) in [5.41, 5.74) is -0.267. The molecule has 1 atom stereocenters. The summed E-state index contributed by atoms with van der Waals surface area (Å²) >= 11 is 3.80. The van der Waals surface area contributed by atoms with Crippen LogP contribution in [0.2, 0.25) is 0 Å². The van der Waals surface area contributed by atoms with Crippen LogP contribution in [0.1, 0.15) is 20.7 Å². The van der Waals surface area contributed by atoms with E-state index in [1.54, 1.807) is 0 Å². The monoisotopic (exact) mass is 269 g/mol. The Morgan fingerprint density at radius 1 is 1.17 bits per heavy atom. The van der Waals surface area contributed by atoms with Gasteiger partial charge in [-0.05, 0) is 12.1 Å². The molecule has 1 aromatic carbocycles. The number of carboxylic acid groups (broad SMARTS) is 2. The highest BCUT2D eigenvalue weighted by molar-refractivity contribution is 7.80. The van der Waals surface area contributed by atoms with E-state index in [9.17, 15) is 14.4 Å². The van der Waals surface area contributed by atoms with Gasteiger partial charge in [0.2, 0.25) is 0 Å². The molecule has 1 amide bonds. The van der Waals surface area contributed by atoms with Crippen LogP contribution in [0.4, 0.5) is 0 Å². The van der Waals surface area contributed by atoms with Gasteiger partial charge in [-0.25, -0.2) is 9.59 Å². The first-order chi connectivity index (χ1) is 8.47. The van der Waals surface area contributed by atoms with Gasteiger partial charge in [0.25, 0.3) is 5.91 Å². The maximum atomic E-state index is 11.8. The minimum Gasteiger partial charge on any atom is -0.480 e. The molecule has 1 aromatic rings. The molecule has 0 radical (unpaired) electrons. The molecule has 0 fully saturated rings. The molecule has 1 rings (SSSR count). The number of nitrogens with one attached hydrogen (secondary N) is 1. The van der Waals surface area contributed by atoms with Crippen molar-refractivity contribution in [1.82, 2.24) is 5.32 Å². The van der Waals surface area contributed by atoms with E-state index >= 15 is 0 Å². The number of hydrogen-bond donors (Lipinski definition) is 4. The molecule has 96 valence electrons. The number of rotatable bonds is 5. The summed E-state index contributed by atoms with van der Waals surface area (Å²) in [6.45, 7) is 0. The van der Waals surface area contributed by atoms with Gasteiger partial charge in [-0.1, -0.05) is 12.1 Å². The Balaban J connectivity index is 2.97. The van der Waals surface area contributed by atoms with Crippen LogP contribution >= 0.6 is 12.6 Å². The standard InChI is InChI=1S/C11H11NO5S/c13-9(12-8(5-18)11(16)17)6-3-1-2-4-7(6)10(14)15/h1-4,8,18H,5H2,(H,12,13)(H,14,15)(H,16,17)/t8-/m0/s1. The Morgan fingerprint density at radius 3 is 2.17 bits per heavy atom. The lowest BCUT2D eigenvalue weighted by atomic mass is 10.1. The van der Waals surface area contributed by atoms with E-state index in [4.69, 9.17) is 10.2 Å². The number of carbonyl (C=O) groups excluding carboxylic acids is 1. The molecule has 0 bridgehead atoms. The molecule has 0 saturated heterocycles. The van der Waals surface area contributed by atoms with Gasteiger partial charge in [0.15, 0.2) is 0 Å². The highest BCUT2D eigenvalue weighted by Gasteiger charge is 2.22. The predicted molar refractivity (Wildman–Crippen MR) is 66.1 cm³/mol. The zero-order valence-electron chi connectivity index (χ0n) is 9.16. The zero-order valence-corrected chi connectivity index (χ0v) is 10.1. The summed E-state index contributed by atoms with van der Waals surface area (Å²) in [6, 6.07) is 4.40. The van der Waals surface area contributed by atoms with Crippen LogP contribution < -0.4 is 5.32 Å². The van der Waals surface area contributed by atoms with Crippen molar-refractivity contribution in [3.63, 3.8) is 0 Å². The zero-order chi connectivity index (χ0) is 13.7. The van der Waals surface area contributed by atoms with E-state index in [0.717, 1.165) is 0 Å². The van der Waals surface area contributed by atoms with Crippen LogP contribution in [0.5, 0.6) is 0 Å². The normalized spacial score (nSPS) is 11.6. The Kier molecular flexibility index (Phi) is 4.73. The molecule has 7 heteroatoms. The molecule has 0 heterocycles. The Bertz CT molecular complexity index is 488. The van der Waals surface area contributed by atoms with Gasteiger partial charge in [0, 0.05) is 5.75 Å². The van der Waals surface area contributed by atoms with E-state index in [1.807, 2.05) is 0 Å². The summed E-state index contributed by atoms with van der Waals surface area (Å²) < 4.78 is 0. The van der Waals surface area contributed by atoms with E-state index in [2.05, 4.69) is 17.9 Å². The molecule has 0 spiro atoms. The topological polar surface area (TPSA) is 104 Å². The van der Waals surface area contributed by atoms with E-state index in [1.165, 1.54) is 24.3 Å². The fraction of sp³-hybridized carbons (Fsp3) is 0.182. The fourth-order valence-electron chi connectivity index (χ4n) is 1.29. The van der Waals surface area contributed by atoms with Crippen LogP contribution in [-0.2, 0) is 4.79 Å². The van der Waals surface area contributed by atoms with Gasteiger partial charge in [0.05, 0.1) is 11.1 Å². The molecule has 18 heavy (non-hydrogen) atoms. The highest BCUT2D eigenvalue weighted by atomic mass is 32.1. The molecule has 0 saturated carbocycles. The van der Waals surface area contributed by atoms with E-state index in [0.29, 0.717) is 0 Å². The number of thiol groups is 1. The lowest BCUT2D eigenvalue weighted by Gasteiger charge is -2.12. The summed E-state index contributed by atoms with van der Waals surface area (Å²) in [4.78, 5) is 33.4. The SMILES string of the molecule is O=C(O)c1ccccc1C(=O)N[C@@H](CS)C(=O)O. The first kappa shape index (κ1) is 14.0. The summed E-state index contributed by atoms with van der Waals surface area (Å²) in [5, 5.41) is 19.9. The highest BCUT2D eigenvalue weighted by Crippen LogP contribution is 2.09. The Morgan fingerprint density at radius 2 is 1.72 bits per heavy atom. The summed E-state index contributed by atoms with van der Waals surface area (Å²) in [5.74, 6) is -3.32. The maximum absolute atomic E-state index is 11.8. The van der Waals surface area contributed by atoms with Crippen molar-refractivity contribution in [2.45, 2.75) is 6.04 Å². The van der Waals surface area contributed by atoms with E-state index < -0.39 is 23.9 Å². The van der Waals surface area contributed by atoms with Crippen molar-refractivity contribution in [1.29, 1.82) is 0 Å². The van der Waals surface area contributed by atoms with Gasteiger partial charge in [-0.2, -0.15) is 12.6 Å². The fourth-order valence-corrected chi connectivity index (χ4v) is 1.54. The molecular weight excluding hydrogens is 258 g/mol. The molecule has 0 aliphatic carbocycles. The average molecular weight is 269 g/mol. The molecule has 0 aliphatic rings. The molecule has 0 unspecified atom stereocenters. The average Bonchev–Trinajstić information content (AvgIpc) is 2.35. The number of carbonyl (C=O) groups is 3. The number of amides is 1. The predicted octanol–water partition coefficient (Wildman–Crippen LogP) is 0.498. The van der Waals surface area contributed by atoms with Gasteiger partial charge >= 0.3 is 11.9 Å².